The number of carbonyl (C=O) groups excluding carboxylic acids is 1. The fourth-order valence-electron chi connectivity index (χ4n) is 2.50. The Labute approximate surface area is 116 Å². The third-order valence-electron chi connectivity index (χ3n) is 3.53. The lowest BCUT2D eigenvalue weighted by atomic mass is 10.1. The topological polar surface area (TPSA) is 29.5 Å². The summed E-state index contributed by atoms with van der Waals surface area (Å²) in [6.07, 6.45) is 0.757. The number of carbonyl (C=O) groups is 1. The summed E-state index contributed by atoms with van der Waals surface area (Å²) in [6, 6.07) is 11.6. The van der Waals surface area contributed by atoms with Crippen molar-refractivity contribution in [3.8, 4) is 5.75 Å². The first-order chi connectivity index (χ1) is 9.70. The Balaban J connectivity index is 1.95. The van der Waals surface area contributed by atoms with E-state index in [4.69, 9.17) is 4.74 Å². The molecule has 0 radical (unpaired) electrons. The Morgan fingerprint density at radius 3 is 2.80 bits per heavy atom. The van der Waals surface area contributed by atoms with E-state index in [0.29, 0.717) is 6.54 Å². The lowest BCUT2D eigenvalue weighted by Gasteiger charge is -2.18. The molecular weight excluding hydrogens is 257 g/mol. The minimum Gasteiger partial charge on any atom is -0.497 e. The number of hydrogen-bond donors (Lipinski definition) is 0. The van der Waals surface area contributed by atoms with Crippen molar-refractivity contribution < 1.29 is 13.9 Å². The fourth-order valence-corrected chi connectivity index (χ4v) is 2.50. The van der Waals surface area contributed by atoms with Crippen LogP contribution in [0.2, 0.25) is 0 Å². The smallest absolute Gasteiger partial charge is 0.261 e. The zero-order valence-corrected chi connectivity index (χ0v) is 11.1. The number of halogens is 1. The quantitative estimate of drug-likeness (QED) is 0.840. The van der Waals surface area contributed by atoms with E-state index in [1.807, 2.05) is 18.2 Å². The number of hydrogen-bond acceptors (Lipinski definition) is 2. The predicted octanol–water partition coefficient (Wildman–Crippen LogP) is 3.04. The molecule has 2 aromatic rings. The zero-order chi connectivity index (χ0) is 14.1. The van der Waals surface area contributed by atoms with Crippen LogP contribution in [0.15, 0.2) is 42.5 Å². The van der Waals surface area contributed by atoms with Gasteiger partial charge in [0.1, 0.15) is 11.6 Å². The third-order valence-corrected chi connectivity index (χ3v) is 3.53. The Bertz CT molecular complexity index is 669. The average Bonchev–Trinajstić information content (AvgIpc) is 2.90. The van der Waals surface area contributed by atoms with E-state index in [2.05, 4.69) is 0 Å². The fraction of sp³-hybridized carbons (Fsp3) is 0.188. The molecule has 0 bridgehead atoms. The van der Waals surface area contributed by atoms with Crippen LogP contribution in [0.1, 0.15) is 15.9 Å². The highest BCUT2D eigenvalue weighted by Gasteiger charge is 2.27. The number of methoxy groups -OCH3 is 1. The van der Waals surface area contributed by atoms with E-state index < -0.39 is 5.82 Å². The summed E-state index contributed by atoms with van der Waals surface area (Å²) < 4.78 is 18.9. The molecule has 1 aliphatic rings. The van der Waals surface area contributed by atoms with Gasteiger partial charge in [-0.05, 0) is 42.3 Å². The van der Waals surface area contributed by atoms with Gasteiger partial charge in [0.2, 0.25) is 0 Å². The van der Waals surface area contributed by atoms with Gasteiger partial charge in [0, 0.05) is 12.2 Å². The van der Waals surface area contributed by atoms with Crippen molar-refractivity contribution in [2.45, 2.75) is 6.42 Å². The van der Waals surface area contributed by atoms with Gasteiger partial charge in [-0.1, -0.05) is 12.1 Å². The van der Waals surface area contributed by atoms with Gasteiger partial charge in [-0.3, -0.25) is 4.79 Å². The molecule has 0 fully saturated rings. The van der Waals surface area contributed by atoms with Crippen LogP contribution < -0.4 is 9.64 Å². The van der Waals surface area contributed by atoms with E-state index >= 15 is 0 Å². The standard InChI is InChI=1S/C16H14FNO2/c1-20-12-6-7-15-11(10-12)8-9-18(15)16(19)13-4-2-3-5-14(13)17/h2-7,10H,8-9H2,1H3. The van der Waals surface area contributed by atoms with Crippen molar-refractivity contribution in [2.24, 2.45) is 0 Å². The molecule has 0 aliphatic carbocycles. The van der Waals surface area contributed by atoms with Crippen molar-refractivity contribution in [3.63, 3.8) is 0 Å². The Hall–Kier alpha value is -2.36. The van der Waals surface area contributed by atoms with E-state index in [9.17, 15) is 9.18 Å². The molecule has 2 aromatic carbocycles. The lowest BCUT2D eigenvalue weighted by molar-refractivity contribution is 0.0985. The van der Waals surface area contributed by atoms with E-state index in [0.717, 1.165) is 23.4 Å². The first-order valence-electron chi connectivity index (χ1n) is 6.44. The number of anilines is 1. The van der Waals surface area contributed by atoms with E-state index in [1.54, 1.807) is 24.1 Å². The highest BCUT2D eigenvalue weighted by Crippen LogP contribution is 2.32. The largest absolute Gasteiger partial charge is 0.497 e. The molecule has 0 saturated carbocycles. The van der Waals surface area contributed by atoms with Crippen LogP contribution in [-0.4, -0.2) is 19.6 Å². The maximum Gasteiger partial charge on any atom is 0.261 e. The Morgan fingerprint density at radius 1 is 1.25 bits per heavy atom. The maximum atomic E-state index is 13.7. The van der Waals surface area contributed by atoms with Gasteiger partial charge in [0.15, 0.2) is 0 Å². The summed E-state index contributed by atoms with van der Waals surface area (Å²) in [7, 11) is 1.61. The van der Waals surface area contributed by atoms with Crippen molar-refractivity contribution in [2.75, 3.05) is 18.6 Å². The molecule has 4 heteroatoms. The van der Waals surface area contributed by atoms with Crippen LogP contribution in [0.4, 0.5) is 10.1 Å². The number of ether oxygens (including phenoxy) is 1. The minimum absolute atomic E-state index is 0.108. The number of nitrogens with zero attached hydrogens (tertiary/aromatic N) is 1. The monoisotopic (exact) mass is 271 g/mol. The van der Waals surface area contributed by atoms with Crippen molar-refractivity contribution in [1.82, 2.24) is 0 Å². The summed E-state index contributed by atoms with van der Waals surface area (Å²) in [6.45, 7) is 0.565. The van der Waals surface area contributed by atoms with Crippen LogP contribution >= 0.6 is 0 Å². The normalized spacial score (nSPS) is 13.2. The van der Waals surface area contributed by atoms with Crippen molar-refractivity contribution >= 4 is 11.6 Å². The summed E-state index contributed by atoms with van der Waals surface area (Å²) in [5, 5.41) is 0. The molecule has 102 valence electrons. The van der Waals surface area contributed by atoms with Gasteiger partial charge in [-0.15, -0.1) is 0 Å². The van der Waals surface area contributed by atoms with Gasteiger partial charge < -0.3 is 9.64 Å². The van der Waals surface area contributed by atoms with Gasteiger partial charge in [0.25, 0.3) is 5.91 Å². The molecule has 1 amide bonds. The molecule has 3 rings (SSSR count). The molecule has 3 nitrogen and oxygen atoms in total. The number of benzene rings is 2. The van der Waals surface area contributed by atoms with Crippen LogP contribution in [0.3, 0.4) is 0 Å². The molecule has 0 unspecified atom stereocenters. The number of rotatable bonds is 2. The number of fused-ring (bicyclic) bond motifs is 1. The van der Waals surface area contributed by atoms with Gasteiger partial charge >= 0.3 is 0 Å². The molecule has 0 aromatic heterocycles. The Morgan fingerprint density at radius 2 is 2.05 bits per heavy atom. The summed E-state index contributed by atoms with van der Waals surface area (Å²) in [5.74, 6) is -0.0181. The third kappa shape index (κ3) is 2.03. The average molecular weight is 271 g/mol. The summed E-state index contributed by atoms with van der Waals surface area (Å²) in [4.78, 5) is 14.1. The maximum absolute atomic E-state index is 13.7. The Kier molecular flexibility index (Phi) is 3.14. The molecular formula is C16H14FNO2. The van der Waals surface area contributed by atoms with Gasteiger partial charge in [-0.25, -0.2) is 4.39 Å². The molecule has 1 heterocycles. The first kappa shape index (κ1) is 12.7. The molecule has 0 N–H and O–H groups in total. The molecule has 1 aliphatic heterocycles. The summed E-state index contributed by atoms with van der Waals surface area (Å²) in [5.41, 5.74) is 1.99. The number of amides is 1. The molecule has 0 atom stereocenters. The second-order valence-electron chi connectivity index (χ2n) is 4.68. The van der Waals surface area contributed by atoms with Crippen LogP contribution in [0.5, 0.6) is 5.75 Å². The summed E-state index contributed by atoms with van der Waals surface area (Å²) >= 11 is 0. The first-order valence-corrected chi connectivity index (χ1v) is 6.44. The highest BCUT2D eigenvalue weighted by atomic mass is 19.1. The van der Waals surface area contributed by atoms with Crippen LogP contribution in [-0.2, 0) is 6.42 Å². The van der Waals surface area contributed by atoms with E-state index in [1.165, 1.54) is 12.1 Å². The van der Waals surface area contributed by atoms with E-state index in [-0.39, 0.29) is 11.5 Å². The minimum atomic E-state index is -0.487. The van der Waals surface area contributed by atoms with Crippen molar-refractivity contribution in [1.29, 1.82) is 0 Å². The zero-order valence-electron chi connectivity index (χ0n) is 11.1. The lowest BCUT2D eigenvalue weighted by Crippen LogP contribution is -2.29. The van der Waals surface area contributed by atoms with Crippen LogP contribution in [0.25, 0.3) is 0 Å². The van der Waals surface area contributed by atoms with Gasteiger partial charge in [-0.2, -0.15) is 0 Å². The van der Waals surface area contributed by atoms with Gasteiger partial charge in [0.05, 0.1) is 12.7 Å². The highest BCUT2D eigenvalue weighted by molar-refractivity contribution is 6.07. The SMILES string of the molecule is COc1ccc2c(c1)CCN2C(=O)c1ccccc1F. The molecule has 20 heavy (non-hydrogen) atoms. The molecule has 0 saturated heterocycles. The van der Waals surface area contributed by atoms with Crippen molar-refractivity contribution in [3.05, 3.63) is 59.4 Å². The second-order valence-corrected chi connectivity index (χ2v) is 4.68. The molecule has 0 spiro atoms. The second kappa shape index (κ2) is 4.96. The predicted molar refractivity (Wildman–Crippen MR) is 74.8 cm³/mol. The van der Waals surface area contributed by atoms with Crippen LogP contribution in [0, 0.1) is 5.82 Å².